The van der Waals surface area contributed by atoms with E-state index in [-0.39, 0.29) is 0 Å². The van der Waals surface area contributed by atoms with Gasteiger partial charge in [0.2, 0.25) is 0 Å². The highest BCUT2D eigenvalue weighted by Crippen LogP contribution is 2.27. The molecule has 2 aromatic rings. The summed E-state index contributed by atoms with van der Waals surface area (Å²) in [7, 11) is 1.97. The zero-order valence-electron chi connectivity index (χ0n) is 12.6. The Morgan fingerprint density at radius 1 is 1.38 bits per heavy atom. The maximum Gasteiger partial charge on any atom is 0.0522 e. The molecule has 1 aromatic heterocycles. The van der Waals surface area contributed by atoms with Crippen molar-refractivity contribution in [3.63, 3.8) is 0 Å². The van der Waals surface area contributed by atoms with Gasteiger partial charge in [-0.1, -0.05) is 19.1 Å². The zero-order chi connectivity index (χ0) is 15.1. The van der Waals surface area contributed by atoms with Crippen molar-refractivity contribution in [1.82, 2.24) is 15.1 Å². The Hall–Kier alpha value is -0.780. The van der Waals surface area contributed by atoms with Gasteiger partial charge in [-0.15, -0.1) is 11.8 Å². The molecule has 5 heteroatoms. The lowest BCUT2D eigenvalue weighted by Gasteiger charge is -2.18. The molecule has 0 bridgehead atoms. The molecule has 21 heavy (non-hydrogen) atoms. The predicted molar refractivity (Wildman–Crippen MR) is 93.9 cm³/mol. The number of hydrogen-bond acceptors (Lipinski definition) is 3. The first-order valence-electron chi connectivity index (χ1n) is 7.27. The van der Waals surface area contributed by atoms with Crippen molar-refractivity contribution in [2.24, 2.45) is 7.05 Å². The van der Waals surface area contributed by atoms with E-state index in [9.17, 15) is 0 Å². The monoisotopic (exact) mass is 367 g/mol. The largest absolute Gasteiger partial charge is 0.313 e. The summed E-state index contributed by atoms with van der Waals surface area (Å²) in [4.78, 5) is 1.30. The van der Waals surface area contributed by atoms with Gasteiger partial charge in [0.25, 0.3) is 0 Å². The van der Waals surface area contributed by atoms with Gasteiger partial charge >= 0.3 is 0 Å². The molecular formula is C16H22BrN3S. The lowest BCUT2D eigenvalue weighted by Crippen LogP contribution is -2.33. The Morgan fingerprint density at radius 2 is 2.19 bits per heavy atom. The van der Waals surface area contributed by atoms with Gasteiger partial charge in [0.15, 0.2) is 0 Å². The summed E-state index contributed by atoms with van der Waals surface area (Å²) in [5.41, 5.74) is 1.29. The Kier molecular flexibility index (Phi) is 6.80. The van der Waals surface area contributed by atoms with E-state index in [1.807, 2.05) is 29.7 Å². The molecule has 1 N–H and O–H groups in total. The normalized spacial score (nSPS) is 12.5. The minimum absolute atomic E-state index is 0.464. The van der Waals surface area contributed by atoms with Gasteiger partial charge in [-0.05, 0) is 53.0 Å². The molecule has 0 aliphatic rings. The summed E-state index contributed by atoms with van der Waals surface area (Å²) in [6.45, 7) is 3.26. The van der Waals surface area contributed by atoms with Gasteiger partial charge in [0, 0.05) is 34.4 Å². The van der Waals surface area contributed by atoms with E-state index in [0.717, 1.165) is 25.1 Å². The van der Waals surface area contributed by atoms with Crippen molar-refractivity contribution in [1.29, 1.82) is 0 Å². The molecule has 0 radical (unpaired) electrons. The molecule has 114 valence electrons. The standard InChI is InChI=1S/C16H22BrN3S/c1-3-8-18-14(9-13-10-19-20(2)11-13)12-21-16-7-5-4-6-15(16)17/h4-7,10-11,14,18H,3,8-9,12H2,1-2H3. The average Bonchev–Trinajstić information content (AvgIpc) is 2.88. The van der Waals surface area contributed by atoms with Crippen molar-refractivity contribution in [2.75, 3.05) is 12.3 Å². The first-order chi connectivity index (χ1) is 10.2. The van der Waals surface area contributed by atoms with Crippen LogP contribution in [0.3, 0.4) is 0 Å². The van der Waals surface area contributed by atoms with Gasteiger partial charge in [-0.3, -0.25) is 4.68 Å². The molecule has 0 spiro atoms. The minimum Gasteiger partial charge on any atom is -0.313 e. The summed E-state index contributed by atoms with van der Waals surface area (Å²) >= 11 is 5.51. The van der Waals surface area contributed by atoms with Crippen LogP contribution in [0.2, 0.25) is 0 Å². The molecule has 0 saturated carbocycles. The van der Waals surface area contributed by atoms with Gasteiger partial charge in [0.1, 0.15) is 0 Å². The van der Waals surface area contributed by atoms with Gasteiger partial charge in [-0.25, -0.2) is 0 Å². The predicted octanol–water partition coefficient (Wildman–Crippen LogP) is 3.89. The van der Waals surface area contributed by atoms with E-state index in [4.69, 9.17) is 0 Å². The van der Waals surface area contributed by atoms with E-state index in [1.54, 1.807) is 0 Å². The molecule has 3 nitrogen and oxygen atoms in total. The Morgan fingerprint density at radius 3 is 2.86 bits per heavy atom. The maximum absolute atomic E-state index is 4.26. The van der Waals surface area contributed by atoms with E-state index >= 15 is 0 Å². The summed E-state index contributed by atoms with van der Waals surface area (Å²) in [6.07, 6.45) is 6.24. The van der Waals surface area contributed by atoms with Crippen molar-refractivity contribution in [3.8, 4) is 0 Å². The van der Waals surface area contributed by atoms with Crippen LogP contribution in [0.4, 0.5) is 0 Å². The smallest absolute Gasteiger partial charge is 0.0522 e. The number of nitrogens with one attached hydrogen (secondary N) is 1. The van der Waals surface area contributed by atoms with E-state index < -0.39 is 0 Å². The Labute approximate surface area is 139 Å². The van der Waals surface area contributed by atoms with Crippen LogP contribution >= 0.6 is 27.7 Å². The van der Waals surface area contributed by atoms with E-state index in [0.29, 0.717) is 6.04 Å². The number of thioether (sulfide) groups is 1. The lowest BCUT2D eigenvalue weighted by atomic mass is 10.1. The molecule has 1 heterocycles. The van der Waals surface area contributed by atoms with E-state index in [2.05, 4.69) is 63.7 Å². The Bertz CT molecular complexity index is 556. The summed E-state index contributed by atoms with van der Waals surface area (Å²) < 4.78 is 3.04. The SMILES string of the molecule is CCCNC(CSc1ccccc1Br)Cc1cnn(C)c1. The van der Waals surface area contributed by atoms with Crippen LogP contribution in [0, 0.1) is 0 Å². The average molecular weight is 368 g/mol. The number of aryl methyl sites for hydroxylation is 1. The lowest BCUT2D eigenvalue weighted by molar-refractivity contribution is 0.550. The van der Waals surface area contributed by atoms with Crippen LogP contribution in [0.25, 0.3) is 0 Å². The molecule has 0 amide bonds. The van der Waals surface area contributed by atoms with Crippen molar-refractivity contribution < 1.29 is 0 Å². The molecule has 0 aliphatic carbocycles. The second-order valence-electron chi connectivity index (χ2n) is 5.12. The van der Waals surface area contributed by atoms with Gasteiger partial charge in [0.05, 0.1) is 6.20 Å². The molecular weight excluding hydrogens is 346 g/mol. The fraction of sp³-hybridized carbons (Fsp3) is 0.438. The summed E-state index contributed by atoms with van der Waals surface area (Å²) in [5, 5.41) is 7.90. The van der Waals surface area contributed by atoms with Gasteiger partial charge < -0.3 is 5.32 Å². The van der Waals surface area contributed by atoms with Crippen molar-refractivity contribution in [3.05, 3.63) is 46.7 Å². The quantitative estimate of drug-likeness (QED) is 0.717. The highest BCUT2D eigenvalue weighted by Gasteiger charge is 2.11. The van der Waals surface area contributed by atoms with Crippen LogP contribution in [-0.2, 0) is 13.5 Å². The van der Waals surface area contributed by atoms with Crippen LogP contribution in [0.1, 0.15) is 18.9 Å². The third kappa shape index (κ3) is 5.49. The zero-order valence-corrected chi connectivity index (χ0v) is 15.0. The Balaban J connectivity index is 1.94. The number of nitrogens with zero attached hydrogens (tertiary/aromatic N) is 2. The molecule has 0 aliphatic heterocycles. The summed E-state index contributed by atoms with van der Waals surface area (Å²) in [5.74, 6) is 1.05. The van der Waals surface area contributed by atoms with Crippen molar-refractivity contribution >= 4 is 27.7 Å². The van der Waals surface area contributed by atoms with Crippen LogP contribution < -0.4 is 5.32 Å². The molecule has 1 atom stereocenters. The molecule has 1 unspecified atom stereocenters. The van der Waals surface area contributed by atoms with E-state index in [1.165, 1.54) is 14.9 Å². The molecule has 0 fully saturated rings. The van der Waals surface area contributed by atoms with Gasteiger partial charge in [-0.2, -0.15) is 5.10 Å². The summed E-state index contributed by atoms with van der Waals surface area (Å²) in [6, 6.07) is 8.86. The highest BCUT2D eigenvalue weighted by atomic mass is 79.9. The molecule has 1 aromatic carbocycles. The maximum atomic E-state index is 4.26. The first-order valence-corrected chi connectivity index (χ1v) is 9.05. The van der Waals surface area contributed by atoms with Crippen LogP contribution in [-0.4, -0.2) is 28.1 Å². The highest BCUT2D eigenvalue weighted by molar-refractivity contribution is 9.10. The van der Waals surface area contributed by atoms with Crippen LogP contribution in [0.15, 0.2) is 46.0 Å². The topological polar surface area (TPSA) is 29.9 Å². The third-order valence-corrected chi connectivity index (χ3v) is 5.39. The first kappa shape index (κ1) is 16.6. The number of rotatable bonds is 8. The minimum atomic E-state index is 0.464. The fourth-order valence-corrected chi connectivity index (χ4v) is 3.78. The second-order valence-corrected chi connectivity index (χ2v) is 7.04. The number of benzene rings is 1. The number of halogens is 1. The van der Waals surface area contributed by atoms with Crippen LogP contribution in [0.5, 0.6) is 0 Å². The second kappa shape index (κ2) is 8.61. The third-order valence-electron chi connectivity index (χ3n) is 3.20. The number of hydrogen-bond donors (Lipinski definition) is 1. The fourth-order valence-electron chi connectivity index (χ4n) is 2.15. The number of aromatic nitrogens is 2. The molecule has 0 saturated heterocycles. The molecule has 2 rings (SSSR count). The van der Waals surface area contributed by atoms with Crippen molar-refractivity contribution in [2.45, 2.75) is 30.7 Å².